The Labute approximate surface area is 164 Å². The standard InChI is InChI=1S/C21H23N5O2/c1-4-26(17-7-5-6-14(2)12-17)20-18(22)19(23-13-24-20)25-16-10-8-15(9-11-16)21(27)28-3/h5-13H,4,22H2,1-3H3,(H,23,24,25). The third-order valence-electron chi connectivity index (χ3n) is 4.32. The van der Waals surface area contributed by atoms with Crippen molar-refractivity contribution in [2.45, 2.75) is 13.8 Å². The zero-order valence-electron chi connectivity index (χ0n) is 16.1. The molecule has 0 amide bonds. The van der Waals surface area contributed by atoms with Crippen molar-refractivity contribution in [3.05, 3.63) is 66.0 Å². The van der Waals surface area contributed by atoms with Crippen molar-refractivity contribution in [1.82, 2.24) is 9.97 Å². The highest BCUT2D eigenvalue weighted by Crippen LogP contribution is 2.33. The Morgan fingerprint density at radius 1 is 1.18 bits per heavy atom. The number of ether oxygens (including phenoxy) is 1. The predicted octanol–water partition coefficient (Wildman–Crippen LogP) is 4.06. The first kappa shape index (κ1) is 19.2. The summed E-state index contributed by atoms with van der Waals surface area (Å²) in [5.74, 6) is 0.755. The molecule has 0 unspecified atom stereocenters. The number of nitrogens with two attached hydrogens (primary N) is 1. The summed E-state index contributed by atoms with van der Waals surface area (Å²) in [7, 11) is 1.35. The zero-order chi connectivity index (χ0) is 20.1. The van der Waals surface area contributed by atoms with Crippen molar-refractivity contribution in [2.24, 2.45) is 0 Å². The molecule has 3 aromatic rings. The summed E-state index contributed by atoms with van der Waals surface area (Å²) < 4.78 is 4.71. The van der Waals surface area contributed by atoms with E-state index in [2.05, 4.69) is 21.4 Å². The van der Waals surface area contributed by atoms with E-state index < -0.39 is 0 Å². The van der Waals surface area contributed by atoms with E-state index in [0.29, 0.717) is 29.4 Å². The van der Waals surface area contributed by atoms with Gasteiger partial charge in [-0.1, -0.05) is 12.1 Å². The molecule has 144 valence electrons. The van der Waals surface area contributed by atoms with E-state index in [1.807, 2.05) is 36.9 Å². The molecule has 3 N–H and O–H groups in total. The van der Waals surface area contributed by atoms with Crippen LogP contribution in [0.1, 0.15) is 22.8 Å². The summed E-state index contributed by atoms with van der Waals surface area (Å²) in [5.41, 5.74) is 10.2. The summed E-state index contributed by atoms with van der Waals surface area (Å²) >= 11 is 0. The summed E-state index contributed by atoms with van der Waals surface area (Å²) in [4.78, 5) is 22.3. The van der Waals surface area contributed by atoms with Gasteiger partial charge in [-0.25, -0.2) is 14.8 Å². The Bertz CT molecular complexity index is 973. The molecule has 3 rings (SSSR count). The van der Waals surface area contributed by atoms with Gasteiger partial charge in [-0.2, -0.15) is 0 Å². The van der Waals surface area contributed by atoms with Crippen LogP contribution in [0.25, 0.3) is 0 Å². The van der Waals surface area contributed by atoms with Crippen LogP contribution in [-0.2, 0) is 4.74 Å². The topological polar surface area (TPSA) is 93.4 Å². The molecule has 7 nitrogen and oxygen atoms in total. The van der Waals surface area contributed by atoms with Crippen molar-refractivity contribution in [1.29, 1.82) is 0 Å². The molecule has 2 aromatic carbocycles. The number of rotatable bonds is 6. The molecule has 1 aromatic heterocycles. The van der Waals surface area contributed by atoms with Gasteiger partial charge in [0.05, 0.1) is 12.7 Å². The Hall–Kier alpha value is -3.61. The molecule has 28 heavy (non-hydrogen) atoms. The van der Waals surface area contributed by atoms with Crippen molar-refractivity contribution in [2.75, 3.05) is 29.6 Å². The fourth-order valence-corrected chi connectivity index (χ4v) is 2.90. The predicted molar refractivity (Wildman–Crippen MR) is 111 cm³/mol. The number of aromatic nitrogens is 2. The maximum absolute atomic E-state index is 11.6. The van der Waals surface area contributed by atoms with Crippen molar-refractivity contribution < 1.29 is 9.53 Å². The molecule has 0 saturated heterocycles. The quantitative estimate of drug-likeness (QED) is 0.626. The van der Waals surface area contributed by atoms with Gasteiger partial charge in [-0.15, -0.1) is 0 Å². The number of nitrogens with one attached hydrogen (secondary N) is 1. The summed E-state index contributed by atoms with van der Waals surface area (Å²) in [6.07, 6.45) is 1.48. The van der Waals surface area contributed by atoms with Gasteiger partial charge < -0.3 is 20.7 Å². The van der Waals surface area contributed by atoms with Gasteiger partial charge in [0.2, 0.25) is 0 Å². The lowest BCUT2D eigenvalue weighted by Crippen LogP contribution is -2.20. The highest BCUT2D eigenvalue weighted by molar-refractivity contribution is 5.90. The maximum Gasteiger partial charge on any atom is 0.337 e. The monoisotopic (exact) mass is 377 g/mol. The van der Waals surface area contributed by atoms with Crippen LogP contribution < -0.4 is 16.0 Å². The van der Waals surface area contributed by atoms with E-state index in [1.165, 1.54) is 13.4 Å². The zero-order valence-corrected chi connectivity index (χ0v) is 16.1. The number of benzene rings is 2. The highest BCUT2D eigenvalue weighted by atomic mass is 16.5. The van der Waals surface area contributed by atoms with Gasteiger partial charge in [0.1, 0.15) is 12.0 Å². The third kappa shape index (κ3) is 4.03. The Morgan fingerprint density at radius 2 is 1.93 bits per heavy atom. The summed E-state index contributed by atoms with van der Waals surface area (Å²) in [5, 5.41) is 3.18. The normalized spacial score (nSPS) is 10.4. The lowest BCUT2D eigenvalue weighted by atomic mass is 10.2. The van der Waals surface area contributed by atoms with Gasteiger partial charge in [0.15, 0.2) is 11.6 Å². The smallest absolute Gasteiger partial charge is 0.337 e. The lowest BCUT2D eigenvalue weighted by Gasteiger charge is -2.24. The number of nitrogen functional groups attached to an aromatic ring is 1. The Balaban J connectivity index is 1.89. The maximum atomic E-state index is 11.6. The van der Waals surface area contributed by atoms with E-state index in [1.54, 1.807) is 24.3 Å². The fourth-order valence-electron chi connectivity index (χ4n) is 2.90. The van der Waals surface area contributed by atoms with E-state index in [4.69, 9.17) is 10.5 Å². The average molecular weight is 377 g/mol. The number of hydrogen-bond acceptors (Lipinski definition) is 7. The molecule has 0 bridgehead atoms. The SMILES string of the molecule is CCN(c1cccc(C)c1)c1ncnc(Nc2ccc(C(=O)OC)cc2)c1N. The second-order valence-electron chi connectivity index (χ2n) is 6.24. The highest BCUT2D eigenvalue weighted by Gasteiger charge is 2.16. The molecule has 0 aliphatic carbocycles. The van der Waals surface area contributed by atoms with E-state index in [0.717, 1.165) is 16.9 Å². The van der Waals surface area contributed by atoms with Crippen LogP contribution in [0.2, 0.25) is 0 Å². The largest absolute Gasteiger partial charge is 0.465 e. The summed E-state index contributed by atoms with van der Waals surface area (Å²) in [6.45, 7) is 4.80. The molecular weight excluding hydrogens is 354 g/mol. The Kier molecular flexibility index (Phi) is 5.74. The number of nitrogens with zero attached hydrogens (tertiary/aromatic N) is 3. The van der Waals surface area contributed by atoms with Gasteiger partial charge >= 0.3 is 5.97 Å². The fraction of sp³-hybridized carbons (Fsp3) is 0.190. The average Bonchev–Trinajstić information content (AvgIpc) is 2.71. The third-order valence-corrected chi connectivity index (χ3v) is 4.32. The van der Waals surface area contributed by atoms with Crippen LogP contribution in [0.15, 0.2) is 54.9 Å². The molecule has 7 heteroatoms. The van der Waals surface area contributed by atoms with Crippen LogP contribution in [0, 0.1) is 6.92 Å². The van der Waals surface area contributed by atoms with Gasteiger partial charge in [0, 0.05) is 17.9 Å². The number of carbonyl (C=O) groups is 1. The van der Waals surface area contributed by atoms with Gasteiger partial charge in [0.25, 0.3) is 0 Å². The second-order valence-corrected chi connectivity index (χ2v) is 6.24. The Morgan fingerprint density at radius 3 is 2.57 bits per heavy atom. The van der Waals surface area contributed by atoms with Crippen LogP contribution in [0.3, 0.4) is 0 Å². The number of anilines is 5. The summed E-state index contributed by atoms with van der Waals surface area (Å²) in [6, 6.07) is 15.1. The van der Waals surface area contributed by atoms with Gasteiger partial charge in [-0.3, -0.25) is 0 Å². The van der Waals surface area contributed by atoms with Crippen LogP contribution >= 0.6 is 0 Å². The number of methoxy groups -OCH3 is 1. The lowest BCUT2D eigenvalue weighted by molar-refractivity contribution is 0.0601. The number of esters is 1. The first-order valence-electron chi connectivity index (χ1n) is 8.93. The molecule has 0 aliphatic heterocycles. The minimum Gasteiger partial charge on any atom is -0.465 e. The molecule has 0 radical (unpaired) electrons. The number of aryl methyl sites for hydroxylation is 1. The second kappa shape index (κ2) is 8.39. The molecule has 1 heterocycles. The van der Waals surface area contributed by atoms with Crippen molar-refractivity contribution in [3.63, 3.8) is 0 Å². The first-order valence-corrected chi connectivity index (χ1v) is 8.93. The van der Waals surface area contributed by atoms with Crippen molar-refractivity contribution >= 4 is 34.7 Å². The van der Waals surface area contributed by atoms with Crippen LogP contribution in [0.4, 0.5) is 28.7 Å². The van der Waals surface area contributed by atoms with E-state index >= 15 is 0 Å². The molecule has 0 saturated carbocycles. The molecule has 0 spiro atoms. The number of hydrogen-bond donors (Lipinski definition) is 2. The molecular formula is C21H23N5O2. The molecule has 0 aliphatic rings. The van der Waals surface area contributed by atoms with E-state index in [9.17, 15) is 4.79 Å². The molecule has 0 atom stereocenters. The van der Waals surface area contributed by atoms with Crippen LogP contribution in [0.5, 0.6) is 0 Å². The van der Waals surface area contributed by atoms with Crippen molar-refractivity contribution in [3.8, 4) is 0 Å². The number of carbonyl (C=O) groups excluding carboxylic acids is 1. The molecule has 0 fully saturated rings. The minimum absolute atomic E-state index is 0.382. The minimum atomic E-state index is -0.382. The van der Waals surface area contributed by atoms with Crippen LogP contribution in [-0.4, -0.2) is 29.6 Å². The first-order chi connectivity index (χ1) is 13.5. The van der Waals surface area contributed by atoms with Gasteiger partial charge in [-0.05, 0) is 55.8 Å². The van der Waals surface area contributed by atoms with E-state index in [-0.39, 0.29) is 5.97 Å².